The zero-order valence-corrected chi connectivity index (χ0v) is 11.5. The van der Waals surface area contributed by atoms with Crippen molar-refractivity contribution in [1.29, 1.82) is 0 Å². The van der Waals surface area contributed by atoms with Gasteiger partial charge in [0.25, 0.3) is 0 Å². The maximum Gasteiger partial charge on any atom is 0.0435 e. The highest BCUT2D eigenvalue weighted by molar-refractivity contribution is 6.31. The third-order valence-electron chi connectivity index (χ3n) is 3.31. The molecule has 2 N–H and O–H groups in total. The molecule has 0 fully saturated rings. The summed E-state index contributed by atoms with van der Waals surface area (Å²) in [6.45, 7) is 4.13. The first-order chi connectivity index (χ1) is 8.58. The average Bonchev–Trinajstić information content (AvgIpc) is 2.35. The second-order valence-corrected chi connectivity index (χ2v) is 5.15. The fraction of sp³-hybridized carbons (Fsp3) is 0.250. The monoisotopic (exact) mass is 259 g/mol. The summed E-state index contributed by atoms with van der Waals surface area (Å²) < 4.78 is 0. The van der Waals surface area contributed by atoms with Crippen LogP contribution in [0.1, 0.15) is 28.3 Å². The van der Waals surface area contributed by atoms with E-state index in [-0.39, 0.29) is 6.04 Å². The van der Waals surface area contributed by atoms with Crippen molar-refractivity contribution in [3.05, 3.63) is 69.7 Å². The van der Waals surface area contributed by atoms with Gasteiger partial charge in [-0.25, -0.2) is 0 Å². The number of hydrogen-bond donors (Lipinski definition) is 1. The fourth-order valence-corrected chi connectivity index (χ4v) is 2.21. The van der Waals surface area contributed by atoms with Crippen molar-refractivity contribution in [2.75, 3.05) is 0 Å². The smallest absolute Gasteiger partial charge is 0.0435 e. The van der Waals surface area contributed by atoms with Gasteiger partial charge in [0, 0.05) is 11.1 Å². The molecule has 0 amide bonds. The molecule has 0 radical (unpaired) electrons. The van der Waals surface area contributed by atoms with E-state index in [1.807, 2.05) is 19.1 Å². The standard InChI is InChI=1S/C16H18ClN/c1-11-5-3-4-6-13(11)10-16(18)14-7-8-15(17)12(2)9-14/h3-9,16H,10,18H2,1-2H3. The van der Waals surface area contributed by atoms with E-state index in [0.717, 1.165) is 22.6 Å². The maximum atomic E-state index is 6.27. The number of nitrogens with two attached hydrogens (primary N) is 1. The van der Waals surface area contributed by atoms with Crippen LogP contribution < -0.4 is 5.73 Å². The summed E-state index contributed by atoms with van der Waals surface area (Å²) in [6, 6.07) is 14.4. The summed E-state index contributed by atoms with van der Waals surface area (Å²) >= 11 is 6.03. The Morgan fingerprint density at radius 2 is 1.78 bits per heavy atom. The van der Waals surface area contributed by atoms with Crippen molar-refractivity contribution in [3.8, 4) is 0 Å². The van der Waals surface area contributed by atoms with Crippen LogP contribution in [-0.2, 0) is 6.42 Å². The van der Waals surface area contributed by atoms with Crippen molar-refractivity contribution in [2.45, 2.75) is 26.3 Å². The second kappa shape index (κ2) is 5.55. The predicted octanol–water partition coefficient (Wildman–Crippen LogP) is 4.20. The zero-order valence-electron chi connectivity index (χ0n) is 10.8. The Balaban J connectivity index is 2.19. The van der Waals surface area contributed by atoms with Gasteiger partial charge in [-0.05, 0) is 48.6 Å². The van der Waals surface area contributed by atoms with Crippen molar-refractivity contribution in [3.63, 3.8) is 0 Å². The first-order valence-corrected chi connectivity index (χ1v) is 6.52. The molecule has 94 valence electrons. The first-order valence-electron chi connectivity index (χ1n) is 6.14. The summed E-state index contributed by atoms with van der Waals surface area (Å²) in [7, 11) is 0. The SMILES string of the molecule is Cc1cc(C(N)Cc2ccccc2C)ccc1Cl. The summed E-state index contributed by atoms with van der Waals surface area (Å²) in [6.07, 6.45) is 0.855. The minimum Gasteiger partial charge on any atom is -0.324 e. The third-order valence-corrected chi connectivity index (χ3v) is 3.74. The van der Waals surface area contributed by atoms with Crippen molar-refractivity contribution in [1.82, 2.24) is 0 Å². The molecule has 2 aromatic rings. The van der Waals surface area contributed by atoms with Crippen LogP contribution in [0.5, 0.6) is 0 Å². The summed E-state index contributed by atoms with van der Waals surface area (Å²) in [5.41, 5.74) is 11.1. The molecule has 2 rings (SSSR count). The first kappa shape index (κ1) is 13.1. The topological polar surface area (TPSA) is 26.0 Å². The van der Waals surface area contributed by atoms with Crippen LogP contribution in [0.4, 0.5) is 0 Å². The van der Waals surface area contributed by atoms with Gasteiger partial charge in [0.05, 0.1) is 0 Å². The van der Waals surface area contributed by atoms with Crippen LogP contribution >= 0.6 is 11.6 Å². The molecule has 0 heterocycles. The Bertz CT molecular complexity index is 549. The largest absolute Gasteiger partial charge is 0.324 e. The van der Waals surface area contributed by atoms with Gasteiger partial charge in [-0.3, -0.25) is 0 Å². The van der Waals surface area contributed by atoms with E-state index < -0.39 is 0 Å². The molecule has 1 unspecified atom stereocenters. The molecule has 1 atom stereocenters. The molecule has 18 heavy (non-hydrogen) atoms. The molecule has 2 aromatic carbocycles. The van der Waals surface area contributed by atoms with E-state index in [9.17, 15) is 0 Å². The van der Waals surface area contributed by atoms with Gasteiger partial charge in [0.1, 0.15) is 0 Å². The number of aryl methyl sites for hydroxylation is 2. The van der Waals surface area contributed by atoms with Gasteiger partial charge in [0.15, 0.2) is 0 Å². The summed E-state index contributed by atoms with van der Waals surface area (Å²) in [5, 5.41) is 0.793. The van der Waals surface area contributed by atoms with Crippen LogP contribution in [-0.4, -0.2) is 0 Å². The lowest BCUT2D eigenvalue weighted by molar-refractivity contribution is 0.718. The van der Waals surface area contributed by atoms with Gasteiger partial charge >= 0.3 is 0 Å². The molecule has 0 aromatic heterocycles. The highest BCUT2D eigenvalue weighted by atomic mass is 35.5. The molecule has 0 bridgehead atoms. The van der Waals surface area contributed by atoms with Crippen molar-refractivity contribution in [2.24, 2.45) is 5.73 Å². The van der Waals surface area contributed by atoms with Crippen LogP contribution in [0.25, 0.3) is 0 Å². The average molecular weight is 260 g/mol. The Kier molecular flexibility index (Phi) is 4.05. The van der Waals surface area contributed by atoms with E-state index >= 15 is 0 Å². The fourth-order valence-electron chi connectivity index (χ4n) is 2.09. The minimum absolute atomic E-state index is 0.0158. The van der Waals surface area contributed by atoms with E-state index in [2.05, 4.69) is 37.3 Å². The van der Waals surface area contributed by atoms with Crippen LogP contribution in [0.2, 0.25) is 5.02 Å². The second-order valence-electron chi connectivity index (χ2n) is 4.75. The maximum absolute atomic E-state index is 6.27. The van der Waals surface area contributed by atoms with Gasteiger partial charge in [-0.2, -0.15) is 0 Å². The Labute approximate surface area is 114 Å². The van der Waals surface area contributed by atoms with Gasteiger partial charge in [-0.1, -0.05) is 48.0 Å². The van der Waals surface area contributed by atoms with E-state index in [0.29, 0.717) is 0 Å². The highest BCUT2D eigenvalue weighted by Gasteiger charge is 2.09. The summed E-state index contributed by atoms with van der Waals surface area (Å²) in [4.78, 5) is 0. The van der Waals surface area contributed by atoms with Crippen LogP contribution in [0.15, 0.2) is 42.5 Å². The Hall–Kier alpha value is -1.31. The number of rotatable bonds is 3. The third kappa shape index (κ3) is 2.92. The lowest BCUT2D eigenvalue weighted by atomic mass is 9.96. The van der Waals surface area contributed by atoms with Gasteiger partial charge < -0.3 is 5.73 Å². The molecule has 0 saturated carbocycles. The highest BCUT2D eigenvalue weighted by Crippen LogP contribution is 2.22. The summed E-state index contributed by atoms with van der Waals surface area (Å²) in [5.74, 6) is 0. The molecule has 0 aliphatic rings. The lowest BCUT2D eigenvalue weighted by Crippen LogP contribution is -2.14. The number of hydrogen-bond acceptors (Lipinski definition) is 1. The molecule has 0 spiro atoms. The van der Waals surface area contributed by atoms with Crippen LogP contribution in [0, 0.1) is 13.8 Å². The lowest BCUT2D eigenvalue weighted by Gasteiger charge is -2.15. The molecule has 0 aliphatic carbocycles. The van der Waals surface area contributed by atoms with Crippen molar-refractivity contribution >= 4 is 11.6 Å². The predicted molar refractivity (Wildman–Crippen MR) is 78.0 cm³/mol. The normalized spacial score (nSPS) is 12.4. The van der Waals surface area contributed by atoms with E-state index in [1.54, 1.807) is 0 Å². The molecular formula is C16H18ClN. The van der Waals surface area contributed by atoms with Gasteiger partial charge in [-0.15, -0.1) is 0 Å². The zero-order chi connectivity index (χ0) is 13.1. The number of halogens is 1. The minimum atomic E-state index is 0.0158. The number of benzene rings is 2. The quantitative estimate of drug-likeness (QED) is 0.878. The van der Waals surface area contributed by atoms with Crippen LogP contribution in [0.3, 0.4) is 0 Å². The van der Waals surface area contributed by atoms with Crippen molar-refractivity contribution < 1.29 is 0 Å². The van der Waals surface area contributed by atoms with Gasteiger partial charge in [0.2, 0.25) is 0 Å². The molecule has 0 aliphatic heterocycles. The Morgan fingerprint density at radius 3 is 2.44 bits per heavy atom. The van der Waals surface area contributed by atoms with E-state index in [4.69, 9.17) is 17.3 Å². The van der Waals surface area contributed by atoms with E-state index in [1.165, 1.54) is 11.1 Å². The molecule has 1 nitrogen and oxygen atoms in total. The molecule has 2 heteroatoms. The Morgan fingerprint density at radius 1 is 1.06 bits per heavy atom. The molecule has 0 saturated heterocycles. The molecular weight excluding hydrogens is 242 g/mol.